The zero-order valence-corrected chi connectivity index (χ0v) is 12.3. The minimum Gasteiger partial charge on any atom is -0.444 e. The first kappa shape index (κ1) is 15.8. The molecule has 0 bridgehead atoms. The van der Waals surface area contributed by atoms with Crippen LogP contribution in [-0.4, -0.2) is 47.7 Å². The Balaban J connectivity index is 2.43. The Morgan fingerprint density at radius 3 is 2.26 bits per heavy atom. The Hall–Kier alpha value is -1.30. The number of likely N-dealkylation sites (tertiary alicyclic amines) is 1. The van der Waals surface area contributed by atoms with Gasteiger partial charge in [-0.2, -0.15) is 0 Å². The summed E-state index contributed by atoms with van der Waals surface area (Å²) in [5.41, 5.74) is 4.40. The van der Waals surface area contributed by atoms with Crippen LogP contribution in [-0.2, 0) is 9.53 Å². The molecule has 0 aliphatic carbocycles. The fourth-order valence-electron chi connectivity index (χ4n) is 2.10. The highest BCUT2D eigenvalue weighted by atomic mass is 16.6. The van der Waals surface area contributed by atoms with Gasteiger partial charge in [-0.3, -0.25) is 9.69 Å². The number of primary amides is 1. The molecular weight excluding hydrogens is 246 g/mol. The average Bonchev–Trinajstić information content (AvgIpc) is 2.17. The second-order valence-electron chi connectivity index (χ2n) is 6.43. The van der Waals surface area contributed by atoms with Gasteiger partial charge in [-0.05, 0) is 40.5 Å². The van der Waals surface area contributed by atoms with E-state index in [1.54, 1.807) is 0 Å². The molecular formula is C13H25N3O3. The Bertz CT molecular complexity index is 342. The molecule has 19 heavy (non-hydrogen) atoms. The zero-order valence-electron chi connectivity index (χ0n) is 12.3. The van der Waals surface area contributed by atoms with Gasteiger partial charge in [-0.25, -0.2) is 4.79 Å². The SMILES string of the molecule is CC1(NC(=O)OC(C)(C)C)CCN(CC(N)=O)CC1. The fourth-order valence-corrected chi connectivity index (χ4v) is 2.10. The van der Waals surface area contributed by atoms with E-state index in [0.717, 1.165) is 25.9 Å². The third-order valence-corrected chi connectivity index (χ3v) is 3.14. The van der Waals surface area contributed by atoms with Crippen LogP contribution < -0.4 is 11.1 Å². The molecule has 1 saturated heterocycles. The minimum absolute atomic E-state index is 0.280. The summed E-state index contributed by atoms with van der Waals surface area (Å²) < 4.78 is 5.26. The van der Waals surface area contributed by atoms with E-state index in [9.17, 15) is 9.59 Å². The largest absolute Gasteiger partial charge is 0.444 e. The summed E-state index contributed by atoms with van der Waals surface area (Å²) in [4.78, 5) is 24.6. The quantitative estimate of drug-likeness (QED) is 0.797. The van der Waals surface area contributed by atoms with Gasteiger partial charge in [0.05, 0.1) is 6.54 Å². The summed E-state index contributed by atoms with van der Waals surface area (Å²) in [6.45, 7) is 9.28. The summed E-state index contributed by atoms with van der Waals surface area (Å²) >= 11 is 0. The van der Waals surface area contributed by atoms with Crippen LogP contribution in [0.15, 0.2) is 0 Å². The van der Waals surface area contributed by atoms with E-state index in [2.05, 4.69) is 5.32 Å². The van der Waals surface area contributed by atoms with Crippen molar-refractivity contribution in [2.24, 2.45) is 5.73 Å². The summed E-state index contributed by atoms with van der Waals surface area (Å²) in [7, 11) is 0. The molecule has 0 radical (unpaired) electrons. The number of hydrogen-bond donors (Lipinski definition) is 2. The van der Waals surface area contributed by atoms with Crippen molar-refractivity contribution in [3.05, 3.63) is 0 Å². The van der Waals surface area contributed by atoms with Crippen LogP contribution in [0.2, 0.25) is 0 Å². The number of nitrogens with two attached hydrogens (primary N) is 1. The summed E-state index contributed by atoms with van der Waals surface area (Å²) in [6, 6.07) is 0. The monoisotopic (exact) mass is 271 g/mol. The molecule has 0 aromatic heterocycles. The lowest BCUT2D eigenvalue weighted by atomic mass is 9.90. The Kier molecular flexibility index (Phi) is 4.79. The molecule has 0 saturated carbocycles. The van der Waals surface area contributed by atoms with Gasteiger partial charge >= 0.3 is 6.09 Å². The molecule has 3 N–H and O–H groups in total. The van der Waals surface area contributed by atoms with Crippen molar-refractivity contribution in [1.82, 2.24) is 10.2 Å². The topological polar surface area (TPSA) is 84.7 Å². The average molecular weight is 271 g/mol. The van der Waals surface area contributed by atoms with Crippen LogP contribution in [0, 0.1) is 0 Å². The number of hydrogen-bond acceptors (Lipinski definition) is 4. The molecule has 6 nitrogen and oxygen atoms in total. The number of alkyl carbamates (subject to hydrolysis) is 1. The lowest BCUT2D eigenvalue weighted by Gasteiger charge is -2.39. The lowest BCUT2D eigenvalue weighted by molar-refractivity contribution is -0.119. The van der Waals surface area contributed by atoms with E-state index in [1.165, 1.54) is 0 Å². The summed E-state index contributed by atoms with van der Waals surface area (Å²) in [6.07, 6.45) is 1.16. The van der Waals surface area contributed by atoms with E-state index < -0.39 is 11.7 Å². The van der Waals surface area contributed by atoms with Crippen molar-refractivity contribution in [1.29, 1.82) is 0 Å². The van der Waals surface area contributed by atoms with Crippen molar-refractivity contribution in [2.45, 2.75) is 51.7 Å². The molecule has 110 valence electrons. The zero-order chi connectivity index (χ0) is 14.7. The molecule has 6 heteroatoms. The van der Waals surface area contributed by atoms with Gasteiger partial charge in [0.1, 0.15) is 5.60 Å². The highest BCUT2D eigenvalue weighted by Crippen LogP contribution is 2.22. The van der Waals surface area contributed by atoms with Gasteiger partial charge in [0.15, 0.2) is 0 Å². The number of nitrogens with one attached hydrogen (secondary N) is 1. The van der Waals surface area contributed by atoms with Crippen molar-refractivity contribution in [3.8, 4) is 0 Å². The van der Waals surface area contributed by atoms with Gasteiger partial charge in [0.25, 0.3) is 0 Å². The number of piperidine rings is 1. The lowest BCUT2D eigenvalue weighted by Crippen LogP contribution is -2.55. The fraction of sp³-hybridized carbons (Fsp3) is 0.846. The second kappa shape index (κ2) is 5.77. The molecule has 0 atom stereocenters. The Morgan fingerprint density at radius 1 is 1.32 bits per heavy atom. The normalized spacial score (nSPS) is 19.8. The van der Waals surface area contributed by atoms with Crippen LogP contribution in [0.4, 0.5) is 4.79 Å². The standard InChI is InChI=1S/C13H25N3O3/c1-12(2,3)19-11(18)15-13(4)5-7-16(8-6-13)9-10(14)17/h5-9H2,1-4H3,(H2,14,17)(H,15,18). The number of rotatable bonds is 3. The first-order valence-corrected chi connectivity index (χ1v) is 6.61. The third-order valence-electron chi connectivity index (χ3n) is 3.14. The first-order chi connectivity index (χ1) is 8.60. The van der Waals surface area contributed by atoms with Crippen LogP contribution >= 0.6 is 0 Å². The van der Waals surface area contributed by atoms with E-state index in [0.29, 0.717) is 0 Å². The predicted molar refractivity (Wildman–Crippen MR) is 72.6 cm³/mol. The van der Waals surface area contributed by atoms with Crippen LogP contribution in [0.3, 0.4) is 0 Å². The maximum absolute atomic E-state index is 11.8. The smallest absolute Gasteiger partial charge is 0.408 e. The Morgan fingerprint density at radius 2 is 1.84 bits per heavy atom. The van der Waals surface area contributed by atoms with Gasteiger partial charge in [-0.15, -0.1) is 0 Å². The number of amides is 2. The molecule has 1 aliphatic rings. The molecule has 1 fully saturated rings. The van der Waals surface area contributed by atoms with Crippen molar-refractivity contribution >= 4 is 12.0 Å². The van der Waals surface area contributed by atoms with Gasteiger partial charge in [-0.1, -0.05) is 0 Å². The van der Waals surface area contributed by atoms with Crippen molar-refractivity contribution < 1.29 is 14.3 Å². The van der Waals surface area contributed by atoms with E-state index in [4.69, 9.17) is 10.5 Å². The highest BCUT2D eigenvalue weighted by molar-refractivity contribution is 5.75. The Labute approximate surface area is 114 Å². The summed E-state index contributed by atoms with van der Waals surface area (Å²) in [5, 5.41) is 2.92. The number of carbonyl (C=O) groups excluding carboxylic acids is 2. The highest BCUT2D eigenvalue weighted by Gasteiger charge is 2.33. The van der Waals surface area contributed by atoms with Crippen LogP contribution in [0.5, 0.6) is 0 Å². The van der Waals surface area contributed by atoms with E-state index in [1.807, 2.05) is 32.6 Å². The van der Waals surface area contributed by atoms with Gasteiger partial charge in [0.2, 0.25) is 5.91 Å². The molecule has 0 aromatic carbocycles. The summed E-state index contributed by atoms with van der Waals surface area (Å²) in [5.74, 6) is -0.316. The maximum atomic E-state index is 11.8. The van der Waals surface area contributed by atoms with Crippen molar-refractivity contribution in [3.63, 3.8) is 0 Å². The van der Waals surface area contributed by atoms with E-state index in [-0.39, 0.29) is 18.0 Å². The van der Waals surface area contributed by atoms with Crippen molar-refractivity contribution in [2.75, 3.05) is 19.6 Å². The molecule has 1 heterocycles. The number of nitrogens with zero attached hydrogens (tertiary/aromatic N) is 1. The minimum atomic E-state index is -0.493. The van der Waals surface area contributed by atoms with Crippen LogP contribution in [0.25, 0.3) is 0 Å². The molecule has 0 aromatic rings. The first-order valence-electron chi connectivity index (χ1n) is 6.61. The predicted octanol–water partition coefficient (Wildman–Crippen LogP) is 0.851. The van der Waals surface area contributed by atoms with Gasteiger partial charge < -0.3 is 15.8 Å². The number of ether oxygens (including phenoxy) is 1. The second-order valence-corrected chi connectivity index (χ2v) is 6.43. The molecule has 2 amide bonds. The molecule has 1 aliphatic heterocycles. The van der Waals surface area contributed by atoms with Crippen LogP contribution in [0.1, 0.15) is 40.5 Å². The molecule has 0 spiro atoms. The molecule has 1 rings (SSSR count). The third kappa shape index (κ3) is 5.92. The molecule has 0 unspecified atom stereocenters. The van der Waals surface area contributed by atoms with E-state index >= 15 is 0 Å². The van der Waals surface area contributed by atoms with Gasteiger partial charge in [0, 0.05) is 18.6 Å². The number of carbonyl (C=O) groups is 2. The maximum Gasteiger partial charge on any atom is 0.408 e.